The van der Waals surface area contributed by atoms with Gasteiger partial charge in [0.05, 0.1) is 21.4 Å². The fourth-order valence-electron chi connectivity index (χ4n) is 5.13. The number of anilines is 1. The zero-order valence-electron chi connectivity index (χ0n) is 22.0. The number of aryl methyl sites for hydroxylation is 1. The quantitative estimate of drug-likeness (QED) is 0.227. The third-order valence-electron chi connectivity index (χ3n) is 7.09. The van der Waals surface area contributed by atoms with Crippen LogP contribution in [0.4, 0.5) is 18.9 Å². The van der Waals surface area contributed by atoms with Crippen LogP contribution in [0.3, 0.4) is 0 Å². The number of benzene rings is 2. The lowest BCUT2D eigenvalue weighted by molar-refractivity contribution is -0.274. The van der Waals surface area contributed by atoms with Gasteiger partial charge in [-0.15, -0.1) is 25.6 Å². The van der Waals surface area contributed by atoms with Crippen LogP contribution in [0.1, 0.15) is 53.0 Å². The Hall–Kier alpha value is -3.14. The van der Waals surface area contributed by atoms with E-state index < -0.39 is 6.36 Å². The third-order valence-corrected chi connectivity index (χ3v) is 7.62. The molecular weight excluding hydrogens is 600 g/mol. The molecule has 1 N–H and O–H groups in total. The van der Waals surface area contributed by atoms with E-state index in [2.05, 4.69) is 19.9 Å². The molecule has 4 aromatic rings. The zero-order valence-corrected chi connectivity index (χ0v) is 24.4. The molecule has 0 unspecified atom stereocenters. The number of nitrogens with zero attached hydrogens (tertiary/aromatic N) is 3. The highest BCUT2D eigenvalue weighted by Gasteiger charge is 2.31. The lowest BCUT2D eigenvalue weighted by Gasteiger charge is -2.34. The highest BCUT2D eigenvalue weighted by Crippen LogP contribution is 2.35. The van der Waals surface area contributed by atoms with Crippen molar-refractivity contribution < 1.29 is 22.7 Å². The van der Waals surface area contributed by atoms with E-state index in [1.54, 1.807) is 34.9 Å². The standard InChI is InChI=1S/C29H27Cl2F3N4O2.ClH/c1-2-24-27(38-17-21(30)6-10-26(38)36-24)28(39)35-16-18-3-9-25(23(31)15-18)37-13-11-20(12-14-37)19-4-7-22(8-5-19)40-29(32,33)34;/h3-10,15,17,20H,2,11-14,16H2,1H3,(H,35,39);1H. The molecule has 1 amide bonds. The molecule has 12 heteroatoms. The van der Waals surface area contributed by atoms with E-state index in [0.717, 1.165) is 42.7 Å². The second kappa shape index (κ2) is 12.8. The minimum Gasteiger partial charge on any atom is -0.406 e. The molecule has 0 spiro atoms. The van der Waals surface area contributed by atoms with Crippen LogP contribution < -0.4 is 15.0 Å². The molecule has 0 radical (unpaired) electrons. The summed E-state index contributed by atoms with van der Waals surface area (Å²) in [5.74, 6) is -0.218. The molecular formula is C29H28Cl3F3N4O2. The zero-order chi connectivity index (χ0) is 28.4. The number of amides is 1. The van der Waals surface area contributed by atoms with Gasteiger partial charge in [0, 0.05) is 25.8 Å². The number of pyridine rings is 1. The molecule has 5 rings (SSSR count). The van der Waals surface area contributed by atoms with Crippen LogP contribution in [0.2, 0.25) is 10.0 Å². The van der Waals surface area contributed by atoms with E-state index in [1.807, 2.05) is 25.1 Å². The molecule has 1 saturated heterocycles. The molecule has 0 aliphatic carbocycles. The number of ether oxygens (including phenoxy) is 1. The molecule has 218 valence electrons. The number of aromatic nitrogens is 2. The predicted octanol–water partition coefficient (Wildman–Crippen LogP) is 7.84. The molecule has 1 aliphatic heterocycles. The summed E-state index contributed by atoms with van der Waals surface area (Å²) < 4.78 is 42.9. The Morgan fingerprint density at radius 2 is 1.78 bits per heavy atom. The van der Waals surface area contributed by atoms with Gasteiger partial charge in [0.25, 0.3) is 5.91 Å². The number of nitrogens with one attached hydrogen (secondary N) is 1. The maximum absolute atomic E-state index is 13.1. The Morgan fingerprint density at radius 1 is 1.07 bits per heavy atom. The number of imidazole rings is 1. The van der Waals surface area contributed by atoms with Gasteiger partial charge < -0.3 is 15.0 Å². The van der Waals surface area contributed by atoms with Gasteiger partial charge in [0.1, 0.15) is 17.1 Å². The fourth-order valence-corrected chi connectivity index (χ4v) is 5.62. The summed E-state index contributed by atoms with van der Waals surface area (Å²) in [6.45, 7) is 3.77. The average molecular weight is 628 g/mol. The summed E-state index contributed by atoms with van der Waals surface area (Å²) >= 11 is 12.8. The molecule has 1 fully saturated rings. The largest absolute Gasteiger partial charge is 0.573 e. The van der Waals surface area contributed by atoms with Crippen molar-refractivity contribution in [2.75, 3.05) is 18.0 Å². The van der Waals surface area contributed by atoms with Crippen LogP contribution >= 0.6 is 35.6 Å². The molecule has 0 bridgehead atoms. The van der Waals surface area contributed by atoms with Gasteiger partial charge in [-0.1, -0.05) is 48.3 Å². The minimum atomic E-state index is -4.70. The first kappa shape index (κ1) is 30.8. The second-order valence-corrected chi connectivity index (χ2v) is 10.5. The van der Waals surface area contributed by atoms with E-state index in [4.69, 9.17) is 23.2 Å². The number of hydrogen-bond donors (Lipinski definition) is 1. The van der Waals surface area contributed by atoms with Crippen LogP contribution in [-0.4, -0.2) is 34.7 Å². The van der Waals surface area contributed by atoms with E-state index >= 15 is 0 Å². The molecule has 0 saturated carbocycles. The van der Waals surface area contributed by atoms with Gasteiger partial charge in [0.15, 0.2) is 0 Å². The van der Waals surface area contributed by atoms with E-state index in [9.17, 15) is 18.0 Å². The monoisotopic (exact) mass is 626 g/mol. The normalized spacial score (nSPS) is 14.1. The topological polar surface area (TPSA) is 58.9 Å². The lowest BCUT2D eigenvalue weighted by Crippen LogP contribution is -2.33. The molecule has 41 heavy (non-hydrogen) atoms. The second-order valence-electron chi connectivity index (χ2n) is 9.68. The van der Waals surface area contributed by atoms with Crippen molar-refractivity contribution in [1.82, 2.24) is 14.7 Å². The smallest absolute Gasteiger partial charge is 0.406 e. The van der Waals surface area contributed by atoms with Crippen LogP contribution in [0.25, 0.3) is 5.65 Å². The maximum atomic E-state index is 13.1. The lowest BCUT2D eigenvalue weighted by atomic mass is 9.89. The molecule has 2 aromatic heterocycles. The van der Waals surface area contributed by atoms with E-state index in [-0.39, 0.29) is 30.0 Å². The van der Waals surface area contributed by atoms with E-state index in [1.165, 1.54) is 12.1 Å². The van der Waals surface area contributed by atoms with E-state index in [0.29, 0.717) is 40.0 Å². The Labute approximate surface area is 251 Å². The molecule has 6 nitrogen and oxygen atoms in total. The van der Waals surface area contributed by atoms with Crippen LogP contribution in [0.5, 0.6) is 5.75 Å². The predicted molar refractivity (Wildman–Crippen MR) is 157 cm³/mol. The Bertz CT molecular complexity index is 1520. The maximum Gasteiger partial charge on any atom is 0.573 e. The van der Waals surface area contributed by atoms with Gasteiger partial charge in [-0.2, -0.15) is 0 Å². The molecule has 2 aromatic carbocycles. The third kappa shape index (κ3) is 7.20. The number of rotatable bonds is 7. The summed E-state index contributed by atoms with van der Waals surface area (Å²) in [6.07, 6.45) is -0.718. The van der Waals surface area contributed by atoms with Gasteiger partial charge in [0.2, 0.25) is 0 Å². The van der Waals surface area contributed by atoms with Gasteiger partial charge in [-0.25, -0.2) is 4.98 Å². The summed E-state index contributed by atoms with van der Waals surface area (Å²) in [6, 6.07) is 15.4. The van der Waals surface area contributed by atoms with Crippen molar-refractivity contribution in [2.45, 2.75) is 45.0 Å². The van der Waals surface area contributed by atoms with Crippen molar-refractivity contribution >= 4 is 52.9 Å². The molecule has 3 heterocycles. The highest BCUT2D eigenvalue weighted by atomic mass is 35.5. The van der Waals surface area contributed by atoms with Crippen molar-refractivity contribution in [3.8, 4) is 5.75 Å². The van der Waals surface area contributed by atoms with Crippen molar-refractivity contribution in [2.24, 2.45) is 0 Å². The average Bonchev–Trinajstić information content (AvgIpc) is 3.29. The van der Waals surface area contributed by atoms with Crippen molar-refractivity contribution in [3.05, 3.63) is 93.4 Å². The summed E-state index contributed by atoms with van der Waals surface area (Å²) in [7, 11) is 0. The Morgan fingerprint density at radius 3 is 2.41 bits per heavy atom. The first-order valence-electron chi connectivity index (χ1n) is 12.9. The first-order valence-corrected chi connectivity index (χ1v) is 13.7. The number of fused-ring (bicyclic) bond motifs is 1. The van der Waals surface area contributed by atoms with Crippen molar-refractivity contribution in [3.63, 3.8) is 0 Å². The first-order chi connectivity index (χ1) is 19.1. The SMILES string of the molecule is CCc1nc2ccc(Cl)cn2c1C(=O)NCc1ccc(N2CCC(c3ccc(OC(F)(F)F)cc3)CC2)c(Cl)c1.Cl. The molecule has 1 aliphatic rings. The number of alkyl halides is 3. The molecule has 0 atom stereocenters. The van der Waals surface area contributed by atoms with Crippen LogP contribution in [0.15, 0.2) is 60.8 Å². The highest BCUT2D eigenvalue weighted by molar-refractivity contribution is 6.33. The Kier molecular flexibility index (Phi) is 9.62. The number of hydrogen-bond acceptors (Lipinski definition) is 4. The van der Waals surface area contributed by atoms with Crippen molar-refractivity contribution in [1.29, 1.82) is 0 Å². The fraction of sp³-hybridized carbons (Fsp3) is 0.310. The number of carbonyl (C=O) groups is 1. The van der Waals surface area contributed by atoms with Crippen LogP contribution in [-0.2, 0) is 13.0 Å². The van der Waals surface area contributed by atoms with Gasteiger partial charge in [-0.05, 0) is 72.7 Å². The summed E-state index contributed by atoms with van der Waals surface area (Å²) in [5.41, 5.74) is 4.59. The summed E-state index contributed by atoms with van der Waals surface area (Å²) in [5, 5.41) is 4.08. The van der Waals surface area contributed by atoms with Crippen LogP contribution in [0, 0.1) is 0 Å². The Balaban J connectivity index is 0.00000387. The van der Waals surface area contributed by atoms with Gasteiger partial charge >= 0.3 is 6.36 Å². The minimum absolute atomic E-state index is 0. The number of piperidine rings is 1. The summed E-state index contributed by atoms with van der Waals surface area (Å²) in [4.78, 5) is 19.8. The number of carbonyl (C=O) groups excluding carboxylic acids is 1. The van der Waals surface area contributed by atoms with Gasteiger partial charge in [-0.3, -0.25) is 9.20 Å². The number of halogens is 6.